The van der Waals surface area contributed by atoms with Crippen molar-refractivity contribution in [2.24, 2.45) is 0 Å². The molecule has 0 aliphatic carbocycles. The van der Waals surface area contributed by atoms with Crippen LogP contribution in [0.3, 0.4) is 0 Å². The van der Waals surface area contributed by atoms with Gasteiger partial charge in [-0.1, -0.05) is 32.9 Å². The quantitative estimate of drug-likeness (QED) is 0.874. The number of nitrogens with zero attached hydrogens (tertiary/aromatic N) is 2. The number of hydrogen-bond acceptors (Lipinski definition) is 2. The van der Waals surface area contributed by atoms with E-state index in [0.717, 1.165) is 24.5 Å². The second-order valence-electron chi connectivity index (χ2n) is 4.78. The molecule has 0 saturated heterocycles. The summed E-state index contributed by atoms with van der Waals surface area (Å²) in [4.78, 5) is 0. The third-order valence-corrected chi connectivity index (χ3v) is 3.00. The summed E-state index contributed by atoms with van der Waals surface area (Å²) < 4.78 is 1.94. The molecular weight excluding hydrogens is 222 g/mol. The summed E-state index contributed by atoms with van der Waals surface area (Å²) in [7, 11) is 0. The average molecular weight is 243 g/mol. The molecule has 96 valence electrons. The van der Waals surface area contributed by atoms with Crippen LogP contribution in [0.2, 0.25) is 0 Å². The molecule has 3 nitrogen and oxygen atoms in total. The molecule has 2 aromatic rings. The Morgan fingerprint density at radius 3 is 2.83 bits per heavy atom. The summed E-state index contributed by atoms with van der Waals surface area (Å²) in [5.41, 5.74) is 3.55. The topological polar surface area (TPSA) is 29.9 Å². The van der Waals surface area contributed by atoms with Gasteiger partial charge >= 0.3 is 0 Å². The molecule has 1 heterocycles. The summed E-state index contributed by atoms with van der Waals surface area (Å²) in [5, 5.41) is 7.86. The van der Waals surface area contributed by atoms with E-state index in [0.29, 0.717) is 5.92 Å². The van der Waals surface area contributed by atoms with Crippen LogP contribution >= 0.6 is 0 Å². The van der Waals surface area contributed by atoms with Gasteiger partial charge in [0.1, 0.15) is 0 Å². The summed E-state index contributed by atoms with van der Waals surface area (Å²) in [5.74, 6) is 0.543. The van der Waals surface area contributed by atoms with Crippen LogP contribution in [0.25, 0.3) is 5.69 Å². The number of hydrogen-bond donors (Lipinski definition) is 1. The first-order valence-corrected chi connectivity index (χ1v) is 6.56. The van der Waals surface area contributed by atoms with E-state index in [1.165, 1.54) is 5.56 Å². The van der Waals surface area contributed by atoms with Gasteiger partial charge in [-0.05, 0) is 36.2 Å². The van der Waals surface area contributed by atoms with Crippen molar-refractivity contribution in [2.45, 2.75) is 33.2 Å². The maximum absolute atomic E-state index is 4.57. The Morgan fingerprint density at radius 1 is 1.28 bits per heavy atom. The van der Waals surface area contributed by atoms with Crippen molar-refractivity contribution >= 4 is 0 Å². The van der Waals surface area contributed by atoms with Gasteiger partial charge in [0.25, 0.3) is 0 Å². The third kappa shape index (κ3) is 2.99. The molecule has 0 unspecified atom stereocenters. The highest BCUT2D eigenvalue weighted by Crippen LogP contribution is 2.17. The first-order valence-electron chi connectivity index (χ1n) is 6.56. The largest absolute Gasteiger partial charge is 0.311 e. The van der Waals surface area contributed by atoms with Gasteiger partial charge in [0.15, 0.2) is 0 Å². The first-order chi connectivity index (χ1) is 8.70. The molecule has 0 amide bonds. The molecule has 0 radical (unpaired) electrons. The molecule has 0 aliphatic heterocycles. The number of rotatable bonds is 5. The first kappa shape index (κ1) is 12.8. The Labute approximate surface area is 109 Å². The van der Waals surface area contributed by atoms with Crippen molar-refractivity contribution in [2.75, 3.05) is 6.54 Å². The van der Waals surface area contributed by atoms with E-state index in [1.54, 1.807) is 0 Å². The molecule has 3 heteroatoms. The van der Waals surface area contributed by atoms with E-state index in [1.807, 2.05) is 10.9 Å². The lowest BCUT2D eigenvalue weighted by atomic mass is 10.0. The second kappa shape index (κ2) is 5.83. The van der Waals surface area contributed by atoms with E-state index >= 15 is 0 Å². The minimum absolute atomic E-state index is 0.543. The number of nitrogens with one attached hydrogen (secondary N) is 1. The third-order valence-electron chi connectivity index (χ3n) is 3.00. The van der Waals surface area contributed by atoms with Gasteiger partial charge in [-0.25, -0.2) is 4.68 Å². The van der Waals surface area contributed by atoms with Gasteiger partial charge in [-0.3, -0.25) is 0 Å². The zero-order valence-corrected chi connectivity index (χ0v) is 11.4. The Kier molecular flexibility index (Phi) is 4.15. The summed E-state index contributed by atoms with van der Waals surface area (Å²) in [6.07, 6.45) is 2.02. The van der Waals surface area contributed by atoms with Crippen molar-refractivity contribution < 1.29 is 0 Å². The molecule has 2 rings (SSSR count). The van der Waals surface area contributed by atoms with Crippen LogP contribution in [0.5, 0.6) is 0 Å². The molecule has 0 spiro atoms. The fourth-order valence-electron chi connectivity index (χ4n) is 1.88. The van der Waals surface area contributed by atoms with Crippen LogP contribution in [0.15, 0.2) is 36.5 Å². The minimum atomic E-state index is 0.543. The SMILES string of the molecule is CCNCc1ccn(-c2cccc(C(C)C)c2)n1. The van der Waals surface area contributed by atoms with Crippen molar-refractivity contribution in [3.05, 3.63) is 47.8 Å². The predicted octanol–water partition coefficient (Wildman–Crippen LogP) is 3.11. The molecule has 0 fully saturated rings. The van der Waals surface area contributed by atoms with Gasteiger partial charge < -0.3 is 5.32 Å². The van der Waals surface area contributed by atoms with Crippen LogP contribution in [0, 0.1) is 0 Å². The Hall–Kier alpha value is -1.61. The zero-order valence-electron chi connectivity index (χ0n) is 11.4. The smallest absolute Gasteiger partial charge is 0.0766 e. The van der Waals surface area contributed by atoms with Crippen LogP contribution in [-0.2, 0) is 6.54 Å². The maximum atomic E-state index is 4.57. The second-order valence-corrected chi connectivity index (χ2v) is 4.78. The van der Waals surface area contributed by atoms with Crippen LogP contribution in [0.4, 0.5) is 0 Å². The maximum Gasteiger partial charge on any atom is 0.0766 e. The molecule has 18 heavy (non-hydrogen) atoms. The minimum Gasteiger partial charge on any atom is -0.311 e. The molecule has 1 N–H and O–H groups in total. The fourth-order valence-corrected chi connectivity index (χ4v) is 1.88. The van der Waals surface area contributed by atoms with Crippen molar-refractivity contribution in [1.82, 2.24) is 15.1 Å². The molecule has 0 saturated carbocycles. The lowest BCUT2D eigenvalue weighted by molar-refractivity contribution is 0.696. The summed E-state index contributed by atoms with van der Waals surface area (Å²) >= 11 is 0. The van der Waals surface area contributed by atoms with Gasteiger partial charge in [0, 0.05) is 12.7 Å². The molecule has 0 atom stereocenters. The van der Waals surface area contributed by atoms with Gasteiger partial charge in [-0.2, -0.15) is 5.10 Å². The summed E-state index contributed by atoms with van der Waals surface area (Å²) in [6, 6.07) is 10.6. The Morgan fingerprint density at radius 2 is 2.11 bits per heavy atom. The van der Waals surface area contributed by atoms with Crippen LogP contribution in [0.1, 0.15) is 37.9 Å². The normalized spacial score (nSPS) is 11.1. The van der Waals surface area contributed by atoms with E-state index in [2.05, 4.69) is 61.5 Å². The Bertz CT molecular complexity index is 500. The van der Waals surface area contributed by atoms with E-state index in [4.69, 9.17) is 0 Å². The van der Waals surface area contributed by atoms with Crippen molar-refractivity contribution in [3.8, 4) is 5.69 Å². The number of benzene rings is 1. The van der Waals surface area contributed by atoms with Crippen LogP contribution in [-0.4, -0.2) is 16.3 Å². The molecule has 0 bridgehead atoms. The summed E-state index contributed by atoms with van der Waals surface area (Å²) in [6.45, 7) is 8.31. The molecule has 0 aliphatic rings. The standard InChI is InChI=1S/C15H21N3/c1-4-16-11-14-8-9-18(17-14)15-7-5-6-13(10-15)12(2)3/h5-10,12,16H,4,11H2,1-3H3. The van der Waals surface area contributed by atoms with Crippen molar-refractivity contribution in [3.63, 3.8) is 0 Å². The lowest BCUT2D eigenvalue weighted by Gasteiger charge is -2.08. The van der Waals surface area contributed by atoms with Gasteiger partial charge in [0.2, 0.25) is 0 Å². The lowest BCUT2D eigenvalue weighted by Crippen LogP contribution is -2.12. The average Bonchev–Trinajstić information content (AvgIpc) is 2.85. The predicted molar refractivity (Wildman–Crippen MR) is 75.0 cm³/mol. The Balaban J connectivity index is 2.20. The zero-order chi connectivity index (χ0) is 13.0. The van der Waals surface area contributed by atoms with E-state index < -0.39 is 0 Å². The highest BCUT2D eigenvalue weighted by Gasteiger charge is 2.03. The van der Waals surface area contributed by atoms with Crippen molar-refractivity contribution in [1.29, 1.82) is 0 Å². The van der Waals surface area contributed by atoms with E-state index in [-0.39, 0.29) is 0 Å². The molecule has 1 aromatic carbocycles. The monoisotopic (exact) mass is 243 g/mol. The van der Waals surface area contributed by atoms with Crippen LogP contribution < -0.4 is 5.32 Å². The van der Waals surface area contributed by atoms with E-state index in [9.17, 15) is 0 Å². The van der Waals surface area contributed by atoms with Gasteiger partial charge in [0.05, 0.1) is 11.4 Å². The molecule has 1 aromatic heterocycles. The highest BCUT2D eigenvalue weighted by molar-refractivity contribution is 5.36. The molecular formula is C15H21N3. The highest BCUT2D eigenvalue weighted by atomic mass is 15.3. The fraction of sp³-hybridized carbons (Fsp3) is 0.400. The van der Waals surface area contributed by atoms with Gasteiger partial charge in [-0.15, -0.1) is 0 Å². The number of aromatic nitrogens is 2.